The Bertz CT molecular complexity index is 302. The van der Waals surface area contributed by atoms with Gasteiger partial charge < -0.3 is 14.6 Å². The number of hydrogen-bond donors (Lipinski definition) is 1. The van der Waals surface area contributed by atoms with Gasteiger partial charge in [-0.1, -0.05) is 57.6 Å². The Morgan fingerprint density at radius 2 is 1.50 bits per heavy atom. The summed E-state index contributed by atoms with van der Waals surface area (Å²) in [5, 5.41) is 9.37. The Morgan fingerprint density at radius 3 is 2.12 bits per heavy atom. The number of hydrogen-bond acceptors (Lipinski definition) is 4. The minimum atomic E-state index is -0.723. The fourth-order valence-electron chi connectivity index (χ4n) is 2.49. The zero-order chi connectivity index (χ0) is 17.9. The van der Waals surface area contributed by atoms with Gasteiger partial charge in [-0.25, -0.2) is 0 Å². The van der Waals surface area contributed by atoms with Gasteiger partial charge in [0.15, 0.2) is 0 Å². The van der Waals surface area contributed by atoms with Crippen LogP contribution in [0.4, 0.5) is 0 Å². The Labute approximate surface area is 148 Å². The van der Waals surface area contributed by atoms with E-state index in [4.69, 9.17) is 9.47 Å². The van der Waals surface area contributed by atoms with E-state index in [-0.39, 0.29) is 19.2 Å². The molecule has 142 valence electrons. The summed E-state index contributed by atoms with van der Waals surface area (Å²) >= 11 is 0. The summed E-state index contributed by atoms with van der Waals surface area (Å²) in [7, 11) is 1.51. The number of aliphatic hydroxyl groups is 1. The van der Waals surface area contributed by atoms with Gasteiger partial charge in [0.1, 0.15) is 12.7 Å². The van der Waals surface area contributed by atoms with E-state index in [9.17, 15) is 9.90 Å². The van der Waals surface area contributed by atoms with Gasteiger partial charge in [-0.15, -0.1) is 0 Å². The molecule has 0 amide bonds. The first kappa shape index (κ1) is 23.1. The summed E-state index contributed by atoms with van der Waals surface area (Å²) < 4.78 is 9.76. The van der Waals surface area contributed by atoms with E-state index in [0.29, 0.717) is 6.42 Å². The predicted octanol–water partition coefficient (Wildman–Crippen LogP) is 4.79. The molecule has 0 aromatic carbocycles. The summed E-state index contributed by atoms with van der Waals surface area (Å²) in [5.74, 6) is -0.226. The molecule has 0 saturated carbocycles. The van der Waals surface area contributed by atoms with Crippen molar-refractivity contribution in [3.05, 3.63) is 12.2 Å². The highest BCUT2D eigenvalue weighted by molar-refractivity contribution is 5.69. The molecular weight excluding hydrogens is 304 g/mol. The minimum absolute atomic E-state index is 0.0253. The Morgan fingerprint density at radius 1 is 0.917 bits per heavy atom. The van der Waals surface area contributed by atoms with Crippen molar-refractivity contribution in [3.8, 4) is 0 Å². The van der Waals surface area contributed by atoms with E-state index in [2.05, 4.69) is 19.1 Å². The first-order chi connectivity index (χ1) is 11.7. The molecular formula is C20H38O4. The van der Waals surface area contributed by atoms with Gasteiger partial charge in [0, 0.05) is 13.5 Å². The van der Waals surface area contributed by atoms with E-state index in [1.807, 2.05) is 0 Å². The van der Waals surface area contributed by atoms with Gasteiger partial charge in [-0.3, -0.25) is 4.79 Å². The van der Waals surface area contributed by atoms with Gasteiger partial charge in [-0.05, 0) is 32.1 Å². The number of unbranched alkanes of at least 4 members (excludes halogenated alkanes) is 9. The third-order valence-electron chi connectivity index (χ3n) is 3.94. The number of ether oxygens (including phenoxy) is 2. The molecule has 4 heteroatoms. The smallest absolute Gasteiger partial charge is 0.305 e. The normalized spacial score (nSPS) is 12.6. The third-order valence-corrected chi connectivity index (χ3v) is 3.94. The van der Waals surface area contributed by atoms with Crippen molar-refractivity contribution in [2.45, 2.75) is 90.1 Å². The van der Waals surface area contributed by atoms with Crippen LogP contribution >= 0.6 is 0 Å². The van der Waals surface area contributed by atoms with Crippen LogP contribution in [0, 0.1) is 0 Å². The highest BCUT2D eigenvalue weighted by atomic mass is 16.5. The van der Waals surface area contributed by atoms with E-state index in [1.165, 1.54) is 64.9 Å². The van der Waals surface area contributed by atoms with Crippen LogP contribution in [0.25, 0.3) is 0 Å². The van der Waals surface area contributed by atoms with Crippen molar-refractivity contribution in [3.63, 3.8) is 0 Å². The molecule has 0 heterocycles. The molecule has 0 rings (SSSR count). The van der Waals surface area contributed by atoms with Crippen LogP contribution in [-0.2, 0) is 14.3 Å². The maximum Gasteiger partial charge on any atom is 0.305 e. The average molecular weight is 343 g/mol. The van der Waals surface area contributed by atoms with Crippen molar-refractivity contribution in [1.29, 1.82) is 0 Å². The fourth-order valence-corrected chi connectivity index (χ4v) is 2.49. The molecule has 1 N–H and O–H groups in total. The molecule has 4 nitrogen and oxygen atoms in total. The highest BCUT2D eigenvalue weighted by Gasteiger charge is 2.08. The second-order valence-corrected chi connectivity index (χ2v) is 6.42. The van der Waals surface area contributed by atoms with E-state index >= 15 is 0 Å². The van der Waals surface area contributed by atoms with Crippen LogP contribution in [0.2, 0.25) is 0 Å². The lowest BCUT2D eigenvalue weighted by molar-refractivity contribution is -0.147. The van der Waals surface area contributed by atoms with E-state index in [0.717, 1.165) is 12.8 Å². The number of rotatable bonds is 17. The summed E-state index contributed by atoms with van der Waals surface area (Å²) in [6, 6.07) is 0. The first-order valence-corrected chi connectivity index (χ1v) is 9.68. The van der Waals surface area contributed by atoms with Crippen molar-refractivity contribution in [1.82, 2.24) is 0 Å². The summed E-state index contributed by atoms with van der Waals surface area (Å²) in [6.07, 6.45) is 17.7. The summed E-state index contributed by atoms with van der Waals surface area (Å²) in [5.41, 5.74) is 0. The van der Waals surface area contributed by atoms with Gasteiger partial charge in [0.05, 0.1) is 6.61 Å². The molecule has 0 radical (unpaired) electrons. The predicted molar refractivity (Wildman–Crippen MR) is 99.1 cm³/mol. The maximum atomic E-state index is 11.5. The summed E-state index contributed by atoms with van der Waals surface area (Å²) in [4.78, 5) is 11.5. The number of esters is 1. The molecule has 1 atom stereocenters. The molecule has 1 unspecified atom stereocenters. The van der Waals surface area contributed by atoms with Crippen LogP contribution in [0.1, 0.15) is 84.0 Å². The Kier molecular flexibility index (Phi) is 17.8. The molecule has 0 aliphatic rings. The fraction of sp³-hybridized carbons (Fsp3) is 0.850. The van der Waals surface area contributed by atoms with Crippen LogP contribution in [0.3, 0.4) is 0 Å². The van der Waals surface area contributed by atoms with Crippen LogP contribution in [-0.4, -0.2) is 37.5 Å². The lowest BCUT2D eigenvalue weighted by Crippen LogP contribution is -2.22. The van der Waals surface area contributed by atoms with Crippen LogP contribution < -0.4 is 0 Å². The lowest BCUT2D eigenvalue weighted by atomic mass is 10.1. The largest absolute Gasteiger partial charge is 0.463 e. The lowest BCUT2D eigenvalue weighted by Gasteiger charge is -2.10. The van der Waals surface area contributed by atoms with Crippen LogP contribution in [0.15, 0.2) is 12.2 Å². The monoisotopic (exact) mass is 342 g/mol. The molecule has 0 spiro atoms. The van der Waals surface area contributed by atoms with Gasteiger partial charge in [0.25, 0.3) is 0 Å². The average Bonchev–Trinajstić information content (AvgIpc) is 2.57. The molecule has 0 aromatic heterocycles. The van der Waals surface area contributed by atoms with E-state index < -0.39 is 6.10 Å². The highest BCUT2D eigenvalue weighted by Crippen LogP contribution is 2.09. The van der Waals surface area contributed by atoms with Crippen molar-refractivity contribution in [2.75, 3.05) is 20.3 Å². The molecule has 0 aliphatic heterocycles. The molecule has 0 aromatic rings. The van der Waals surface area contributed by atoms with Crippen molar-refractivity contribution >= 4 is 5.97 Å². The molecule has 24 heavy (non-hydrogen) atoms. The zero-order valence-corrected chi connectivity index (χ0v) is 15.8. The molecule has 0 bridgehead atoms. The standard InChI is InChI=1S/C20H38O4/c1-3-4-5-6-7-8-9-10-11-12-13-14-15-16-20(22)24-18-19(21)17-23-2/h8-9,19,21H,3-7,10-18H2,1-2H3/b9-8-. The molecule has 0 aliphatic carbocycles. The maximum absolute atomic E-state index is 11.5. The minimum Gasteiger partial charge on any atom is -0.463 e. The van der Waals surface area contributed by atoms with E-state index in [1.54, 1.807) is 0 Å². The van der Waals surface area contributed by atoms with Gasteiger partial charge >= 0.3 is 5.97 Å². The topological polar surface area (TPSA) is 55.8 Å². The van der Waals surface area contributed by atoms with Gasteiger partial charge in [-0.2, -0.15) is 0 Å². The Balaban J connectivity index is 3.27. The number of methoxy groups -OCH3 is 1. The number of carbonyl (C=O) groups is 1. The first-order valence-electron chi connectivity index (χ1n) is 9.68. The number of aliphatic hydroxyl groups excluding tert-OH is 1. The SMILES string of the molecule is CCCCCC/C=C\CCCCCCCC(=O)OCC(O)COC. The quantitative estimate of drug-likeness (QED) is 0.234. The number of carbonyl (C=O) groups excluding carboxylic acids is 1. The third kappa shape index (κ3) is 17.5. The van der Waals surface area contributed by atoms with Crippen molar-refractivity contribution < 1.29 is 19.4 Å². The van der Waals surface area contributed by atoms with Crippen molar-refractivity contribution in [2.24, 2.45) is 0 Å². The number of allylic oxidation sites excluding steroid dienone is 2. The zero-order valence-electron chi connectivity index (χ0n) is 15.8. The summed E-state index contributed by atoms with van der Waals surface area (Å²) in [6.45, 7) is 2.46. The molecule has 0 fully saturated rings. The Hall–Kier alpha value is -0.870. The van der Waals surface area contributed by atoms with Crippen LogP contribution in [0.5, 0.6) is 0 Å². The second-order valence-electron chi connectivity index (χ2n) is 6.42. The second kappa shape index (κ2) is 18.5. The molecule has 0 saturated heterocycles. The van der Waals surface area contributed by atoms with Gasteiger partial charge in [0.2, 0.25) is 0 Å².